The predicted molar refractivity (Wildman–Crippen MR) is 48.5 cm³/mol. The van der Waals surface area contributed by atoms with Crippen LogP contribution in [0.25, 0.3) is 0 Å². The molecule has 6 heteroatoms. The standard InChI is InChI=1S/C7H12Cl2F3N/c1-2-6(3-8,4-9)13-5-7(10,11)12/h13H,2-5H2,1H3. The van der Waals surface area contributed by atoms with Crippen molar-refractivity contribution in [3.05, 3.63) is 0 Å². The molecule has 0 aromatic carbocycles. The highest BCUT2D eigenvalue weighted by atomic mass is 35.5. The van der Waals surface area contributed by atoms with Gasteiger partial charge in [0.05, 0.1) is 6.54 Å². The van der Waals surface area contributed by atoms with Gasteiger partial charge in [0.2, 0.25) is 0 Å². The third kappa shape index (κ3) is 4.93. The van der Waals surface area contributed by atoms with Gasteiger partial charge in [-0.05, 0) is 6.42 Å². The van der Waals surface area contributed by atoms with Crippen molar-refractivity contribution in [3.63, 3.8) is 0 Å². The maximum Gasteiger partial charge on any atom is 0.401 e. The molecule has 0 spiro atoms. The molecule has 0 amide bonds. The first kappa shape index (κ1) is 13.3. The van der Waals surface area contributed by atoms with E-state index in [9.17, 15) is 13.2 Å². The summed E-state index contributed by atoms with van der Waals surface area (Å²) in [5.74, 6) is 0.145. The first-order chi connectivity index (χ1) is 5.89. The second-order valence-corrected chi connectivity index (χ2v) is 3.40. The lowest BCUT2D eigenvalue weighted by Gasteiger charge is -2.30. The summed E-state index contributed by atoms with van der Waals surface area (Å²) >= 11 is 11.1. The van der Waals surface area contributed by atoms with Crippen LogP contribution in [0.3, 0.4) is 0 Å². The largest absolute Gasteiger partial charge is 0.401 e. The van der Waals surface area contributed by atoms with Gasteiger partial charge in [-0.2, -0.15) is 13.2 Å². The minimum Gasteiger partial charge on any atom is -0.301 e. The third-order valence-corrected chi connectivity index (χ3v) is 2.88. The Morgan fingerprint density at radius 1 is 1.15 bits per heavy atom. The summed E-state index contributed by atoms with van der Waals surface area (Å²) in [6.45, 7) is 0.689. The number of rotatable bonds is 5. The van der Waals surface area contributed by atoms with E-state index in [0.29, 0.717) is 6.42 Å². The zero-order valence-corrected chi connectivity index (χ0v) is 8.73. The molecule has 0 atom stereocenters. The number of nitrogens with one attached hydrogen (secondary N) is 1. The second kappa shape index (κ2) is 5.27. The van der Waals surface area contributed by atoms with Gasteiger partial charge in [-0.15, -0.1) is 23.2 Å². The van der Waals surface area contributed by atoms with Crippen LogP contribution in [-0.2, 0) is 0 Å². The average molecular weight is 238 g/mol. The van der Waals surface area contributed by atoms with Gasteiger partial charge in [0.1, 0.15) is 0 Å². The van der Waals surface area contributed by atoms with Crippen LogP contribution < -0.4 is 5.32 Å². The van der Waals surface area contributed by atoms with Crippen LogP contribution in [0.2, 0.25) is 0 Å². The Labute approximate surface area is 85.6 Å². The summed E-state index contributed by atoms with van der Waals surface area (Å²) in [6, 6.07) is 0. The van der Waals surface area contributed by atoms with E-state index < -0.39 is 18.3 Å². The Hall–Kier alpha value is 0.330. The van der Waals surface area contributed by atoms with Gasteiger partial charge in [-0.25, -0.2) is 0 Å². The van der Waals surface area contributed by atoms with Crippen LogP contribution in [0.5, 0.6) is 0 Å². The maximum atomic E-state index is 11.8. The lowest BCUT2D eigenvalue weighted by atomic mass is 10.0. The molecule has 0 aromatic heterocycles. The molecule has 0 heterocycles. The Balaban J connectivity index is 4.11. The lowest BCUT2D eigenvalue weighted by Crippen LogP contribution is -2.51. The lowest BCUT2D eigenvalue weighted by molar-refractivity contribution is -0.128. The predicted octanol–water partition coefficient (Wildman–Crippen LogP) is 2.76. The summed E-state index contributed by atoms with van der Waals surface area (Å²) in [6.07, 6.45) is -3.76. The number of hydrogen-bond acceptors (Lipinski definition) is 1. The fourth-order valence-electron chi connectivity index (χ4n) is 0.732. The minimum atomic E-state index is -4.22. The summed E-state index contributed by atoms with van der Waals surface area (Å²) in [5, 5.41) is 2.33. The SMILES string of the molecule is CCC(CCl)(CCl)NCC(F)(F)F. The van der Waals surface area contributed by atoms with E-state index in [-0.39, 0.29) is 11.8 Å². The Bertz CT molecular complexity index is 137. The van der Waals surface area contributed by atoms with Gasteiger partial charge in [0, 0.05) is 17.3 Å². The molecule has 80 valence electrons. The highest BCUT2D eigenvalue weighted by Crippen LogP contribution is 2.19. The van der Waals surface area contributed by atoms with Crippen molar-refractivity contribution in [2.45, 2.75) is 25.1 Å². The fourth-order valence-corrected chi connectivity index (χ4v) is 1.58. The van der Waals surface area contributed by atoms with Crippen LogP contribution in [0.15, 0.2) is 0 Å². The average Bonchev–Trinajstić information content (AvgIpc) is 2.06. The molecule has 1 N–H and O–H groups in total. The molecular formula is C7H12Cl2F3N. The van der Waals surface area contributed by atoms with Crippen LogP contribution in [0.4, 0.5) is 13.2 Å². The quantitative estimate of drug-likeness (QED) is 0.726. The van der Waals surface area contributed by atoms with Crippen molar-refractivity contribution < 1.29 is 13.2 Å². The van der Waals surface area contributed by atoms with E-state index >= 15 is 0 Å². The highest BCUT2D eigenvalue weighted by molar-refractivity contribution is 6.22. The molecular weight excluding hydrogens is 226 g/mol. The molecule has 0 saturated heterocycles. The Morgan fingerprint density at radius 2 is 1.62 bits per heavy atom. The number of alkyl halides is 5. The molecule has 0 radical (unpaired) electrons. The summed E-state index contributed by atoms with van der Waals surface area (Å²) in [7, 11) is 0. The number of hydrogen-bond donors (Lipinski definition) is 1. The molecule has 0 saturated carbocycles. The van der Waals surface area contributed by atoms with E-state index in [4.69, 9.17) is 23.2 Å². The van der Waals surface area contributed by atoms with Gasteiger partial charge in [-0.1, -0.05) is 6.92 Å². The molecule has 1 nitrogen and oxygen atoms in total. The van der Waals surface area contributed by atoms with Crippen LogP contribution >= 0.6 is 23.2 Å². The monoisotopic (exact) mass is 237 g/mol. The van der Waals surface area contributed by atoms with Gasteiger partial charge in [0.15, 0.2) is 0 Å². The van der Waals surface area contributed by atoms with Crippen molar-refractivity contribution >= 4 is 23.2 Å². The Morgan fingerprint density at radius 3 is 1.85 bits per heavy atom. The van der Waals surface area contributed by atoms with E-state index in [2.05, 4.69) is 5.32 Å². The van der Waals surface area contributed by atoms with Crippen molar-refractivity contribution in [1.29, 1.82) is 0 Å². The molecule has 0 unspecified atom stereocenters. The van der Waals surface area contributed by atoms with E-state index in [1.54, 1.807) is 6.92 Å². The van der Waals surface area contributed by atoms with Crippen LogP contribution in [0, 0.1) is 0 Å². The summed E-state index contributed by atoms with van der Waals surface area (Å²) < 4.78 is 35.5. The molecule has 0 aromatic rings. The van der Waals surface area contributed by atoms with Gasteiger partial charge >= 0.3 is 6.18 Å². The molecule has 0 fully saturated rings. The molecule has 0 bridgehead atoms. The summed E-state index contributed by atoms with van der Waals surface area (Å²) in [5.41, 5.74) is -0.807. The summed E-state index contributed by atoms with van der Waals surface area (Å²) in [4.78, 5) is 0. The van der Waals surface area contributed by atoms with Crippen molar-refractivity contribution in [1.82, 2.24) is 5.32 Å². The molecule has 0 aliphatic rings. The van der Waals surface area contributed by atoms with Gasteiger partial charge < -0.3 is 5.32 Å². The van der Waals surface area contributed by atoms with Crippen LogP contribution in [-0.4, -0.2) is 30.0 Å². The van der Waals surface area contributed by atoms with Gasteiger partial charge in [-0.3, -0.25) is 0 Å². The number of halogens is 5. The van der Waals surface area contributed by atoms with Crippen molar-refractivity contribution in [2.24, 2.45) is 0 Å². The second-order valence-electron chi connectivity index (χ2n) is 2.87. The smallest absolute Gasteiger partial charge is 0.301 e. The first-order valence-corrected chi connectivity index (χ1v) is 4.90. The zero-order chi connectivity index (χ0) is 10.5. The van der Waals surface area contributed by atoms with Crippen molar-refractivity contribution in [2.75, 3.05) is 18.3 Å². The van der Waals surface area contributed by atoms with E-state index in [1.807, 2.05) is 0 Å². The molecule has 13 heavy (non-hydrogen) atoms. The maximum absolute atomic E-state index is 11.8. The topological polar surface area (TPSA) is 12.0 Å². The normalized spacial score (nSPS) is 13.4. The molecule has 0 rings (SSSR count). The van der Waals surface area contributed by atoms with Gasteiger partial charge in [0.25, 0.3) is 0 Å². The minimum absolute atomic E-state index is 0.0725. The van der Waals surface area contributed by atoms with E-state index in [0.717, 1.165) is 0 Å². The zero-order valence-electron chi connectivity index (χ0n) is 7.22. The van der Waals surface area contributed by atoms with E-state index in [1.165, 1.54) is 0 Å². The molecule has 0 aliphatic carbocycles. The molecule has 0 aliphatic heterocycles. The fraction of sp³-hybridized carbons (Fsp3) is 1.00. The third-order valence-electron chi connectivity index (χ3n) is 1.85. The van der Waals surface area contributed by atoms with Crippen LogP contribution in [0.1, 0.15) is 13.3 Å². The van der Waals surface area contributed by atoms with Crippen molar-refractivity contribution in [3.8, 4) is 0 Å². The Kier molecular flexibility index (Phi) is 5.40. The highest BCUT2D eigenvalue weighted by Gasteiger charge is 2.33. The first-order valence-electron chi connectivity index (χ1n) is 3.83.